The fourth-order valence-electron chi connectivity index (χ4n) is 5.64. The van der Waals surface area contributed by atoms with Gasteiger partial charge in [-0.3, -0.25) is 0 Å². The molecule has 0 aliphatic carbocycles. The van der Waals surface area contributed by atoms with Gasteiger partial charge < -0.3 is 0 Å². The third-order valence-electron chi connectivity index (χ3n) is 8.32. The van der Waals surface area contributed by atoms with Crippen molar-refractivity contribution in [3.05, 3.63) is 71.8 Å². The summed E-state index contributed by atoms with van der Waals surface area (Å²) in [6, 6.07) is 22.5. The first kappa shape index (κ1) is 38.0. The van der Waals surface area contributed by atoms with Crippen molar-refractivity contribution in [2.75, 3.05) is 0 Å². The summed E-state index contributed by atoms with van der Waals surface area (Å²) >= 11 is 0. The molecule has 42 heavy (non-hydrogen) atoms. The molecule has 0 N–H and O–H groups in total. The van der Waals surface area contributed by atoms with Crippen molar-refractivity contribution < 1.29 is 0 Å². The zero-order chi connectivity index (χ0) is 29.8. The summed E-state index contributed by atoms with van der Waals surface area (Å²) in [7, 11) is 8.22. The lowest BCUT2D eigenvalue weighted by Gasteiger charge is -2.18. The van der Waals surface area contributed by atoms with Crippen molar-refractivity contribution in [3.63, 3.8) is 0 Å². The van der Waals surface area contributed by atoms with Crippen molar-refractivity contribution in [2.45, 2.75) is 166 Å². The van der Waals surface area contributed by atoms with Gasteiger partial charge in [0.2, 0.25) is 0 Å². The van der Waals surface area contributed by atoms with Crippen LogP contribution in [-0.4, -0.2) is 0 Å². The molecule has 2 atom stereocenters. The summed E-state index contributed by atoms with van der Waals surface area (Å²) in [4.78, 5) is 0. The summed E-state index contributed by atoms with van der Waals surface area (Å²) in [6.45, 7) is 4.61. The smallest absolute Gasteiger partial charge is 0.0409 e. The number of benzene rings is 2. The van der Waals surface area contributed by atoms with Gasteiger partial charge in [-0.1, -0.05) is 225 Å². The van der Waals surface area contributed by atoms with Gasteiger partial charge in [-0.25, -0.2) is 0 Å². The molecule has 0 heterocycles. The summed E-state index contributed by atoms with van der Waals surface area (Å²) in [5.74, 6) is 0. The Bertz CT molecular complexity index is 743. The Kier molecular flexibility index (Phi) is 25.6. The number of unbranched alkanes of at least 4 members (excludes halogenated alkanes) is 18. The van der Waals surface area contributed by atoms with E-state index < -0.39 is 0 Å². The van der Waals surface area contributed by atoms with Gasteiger partial charge in [0.05, 0.1) is 0 Å². The molecule has 0 aliphatic heterocycles. The Morgan fingerprint density at radius 1 is 0.381 bits per heavy atom. The Morgan fingerprint density at radius 2 is 0.667 bits per heavy atom. The van der Waals surface area contributed by atoms with Crippen LogP contribution in [0, 0.1) is 0 Å². The van der Waals surface area contributed by atoms with Crippen molar-refractivity contribution in [1.29, 1.82) is 0 Å². The zero-order valence-corrected chi connectivity index (χ0v) is 30.4. The predicted molar refractivity (Wildman–Crippen MR) is 202 cm³/mol. The quantitative estimate of drug-likeness (QED) is 0.0637. The van der Waals surface area contributed by atoms with E-state index in [1.165, 1.54) is 152 Å². The lowest BCUT2D eigenvalue weighted by atomic mass is 10.0. The second-order valence-corrected chi connectivity index (χ2v) is 18.3. The van der Waals surface area contributed by atoms with E-state index in [9.17, 15) is 0 Å². The first-order valence-electron chi connectivity index (χ1n) is 17.6. The molecular formula is C38H62S4. The maximum absolute atomic E-state index is 2.34. The highest BCUT2D eigenvalue weighted by atomic mass is 33.7. The van der Waals surface area contributed by atoms with Crippen LogP contribution < -0.4 is 0 Å². The topological polar surface area (TPSA) is 0 Å². The van der Waals surface area contributed by atoms with E-state index in [0.29, 0.717) is 10.5 Å². The second-order valence-electron chi connectivity index (χ2n) is 12.1. The van der Waals surface area contributed by atoms with Crippen LogP contribution in [0.15, 0.2) is 60.7 Å². The first-order valence-corrected chi connectivity index (χ1v) is 22.5. The number of rotatable bonds is 29. The summed E-state index contributed by atoms with van der Waals surface area (Å²) in [5, 5.41) is 1.19. The normalized spacial score (nSPS) is 12.9. The Balaban J connectivity index is 1.68. The largest absolute Gasteiger partial charge is 0.0735 e. The molecule has 2 aromatic rings. The Hall–Kier alpha value is -0.160. The molecule has 2 rings (SSSR count). The minimum atomic E-state index is 0.593. The zero-order valence-electron chi connectivity index (χ0n) is 27.1. The van der Waals surface area contributed by atoms with Crippen molar-refractivity contribution in [3.8, 4) is 0 Å². The third-order valence-corrected chi connectivity index (χ3v) is 15.5. The summed E-state index contributed by atoms with van der Waals surface area (Å²) < 4.78 is 0. The molecule has 4 heteroatoms. The van der Waals surface area contributed by atoms with Gasteiger partial charge >= 0.3 is 0 Å². The molecule has 0 aromatic heterocycles. The second kappa shape index (κ2) is 28.3. The summed E-state index contributed by atoms with van der Waals surface area (Å²) in [5.41, 5.74) is 3.00. The van der Waals surface area contributed by atoms with Crippen LogP contribution in [0.4, 0.5) is 0 Å². The van der Waals surface area contributed by atoms with Crippen molar-refractivity contribution >= 4 is 41.2 Å². The van der Waals surface area contributed by atoms with E-state index in [1.54, 1.807) is 0 Å². The molecule has 0 radical (unpaired) electrons. The van der Waals surface area contributed by atoms with E-state index in [4.69, 9.17) is 0 Å². The Morgan fingerprint density at radius 3 is 0.976 bits per heavy atom. The predicted octanol–water partition coefficient (Wildman–Crippen LogP) is 15.8. The SMILES string of the molecule is CCCCCCCCCCCCC(SSSSC(CCCCCCCCCCCC)c1ccccc1)c1ccccc1. The fraction of sp³-hybridized carbons (Fsp3) is 0.684. The van der Waals surface area contributed by atoms with Crippen LogP contribution >= 0.6 is 41.2 Å². The minimum absolute atomic E-state index is 0.593. The van der Waals surface area contributed by atoms with E-state index in [-0.39, 0.29) is 0 Å². The minimum Gasteiger partial charge on any atom is -0.0735 e. The van der Waals surface area contributed by atoms with Crippen molar-refractivity contribution in [1.82, 2.24) is 0 Å². The van der Waals surface area contributed by atoms with Crippen LogP contribution in [0.3, 0.4) is 0 Å². The van der Waals surface area contributed by atoms with Crippen LogP contribution in [0.5, 0.6) is 0 Å². The first-order chi connectivity index (χ1) is 20.8. The molecule has 0 saturated carbocycles. The van der Waals surface area contributed by atoms with Gasteiger partial charge in [-0.2, -0.15) is 0 Å². The molecule has 0 amide bonds. The molecule has 0 nitrogen and oxygen atoms in total. The lowest BCUT2D eigenvalue weighted by Crippen LogP contribution is -1.94. The maximum atomic E-state index is 2.34. The van der Waals surface area contributed by atoms with Gasteiger partial charge in [0, 0.05) is 10.5 Å². The van der Waals surface area contributed by atoms with E-state index in [1.807, 2.05) is 19.7 Å². The monoisotopic (exact) mass is 646 g/mol. The van der Waals surface area contributed by atoms with E-state index in [0.717, 1.165) is 0 Å². The molecule has 0 bridgehead atoms. The third kappa shape index (κ3) is 20.0. The highest BCUT2D eigenvalue weighted by Gasteiger charge is 2.16. The molecule has 0 saturated heterocycles. The number of hydrogen-bond donors (Lipinski definition) is 0. The molecule has 0 aliphatic rings. The standard InChI is InChI=1S/C38H62S4/c1-3-5-7-9-11-13-15-17-19-27-33-37(35-29-23-21-24-30-35)39-41-42-40-38(36-31-25-22-26-32-36)34-28-20-18-16-14-12-10-8-6-4-2/h21-26,29-32,37-38H,3-20,27-28,33-34H2,1-2H3. The van der Waals surface area contributed by atoms with Crippen LogP contribution in [0.25, 0.3) is 0 Å². The summed E-state index contributed by atoms with van der Waals surface area (Å²) in [6.07, 6.45) is 30.8. The van der Waals surface area contributed by atoms with Crippen LogP contribution in [0.2, 0.25) is 0 Å². The fourth-order valence-corrected chi connectivity index (χ4v) is 13.0. The molecule has 238 valence electrons. The highest BCUT2D eigenvalue weighted by molar-refractivity contribution is 9.26. The van der Waals surface area contributed by atoms with E-state index in [2.05, 4.69) is 96.1 Å². The average molecular weight is 647 g/mol. The number of hydrogen-bond acceptors (Lipinski definition) is 4. The van der Waals surface area contributed by atoms with Gasteiger partial charge in [0.15, 0.2) is 0 Å². The van der Waals surface area contributed by atoms with Gasteiger partial charge in [0.1, 0.15) is 0 Å². The van der Waals surface area contributed by atoms with Crippen molar-refractivity contribution in [2.24, 2.45) is 0 Å². The molecule has 0 spiro atoms. The van der Waals surface area contributed by atoms with E-state index >= 15 is 0 Å². The van der Waals surface area contributed by atoms with Crippen LogP contribution in [-0.2, 0) is 0 Å². The highest BCUT2D eigenvalue weighted by Crippen LogP contribution is 2.55. The molecular weight excluding hydrogens is 585 g/mol. The van der Waals surface area contributed by atoms with Gasteiger partial charge in [0.25, 0.3) is 0 Å². The Labute approximate surface area is 277 Å². The lowest BCUT2D eigenvalue weighted by molar-refractivity contribution is 0.548. The molecule has 2 aromatic carbocycles. The molecule has 0 fully saturated rings. The maximum Gasteiger partial charge on any atom is 0.0409 e. The van der Waals surface area contributed by atoms with Crippen LogP contribution in [0.1, 0.15) is 177 Å². The van der Waals surface area contributed by atoms with Gasteiger partial charge in [-0.05, 0) is 43.6 Å². The average Bonchev–Trinajstić information content (AvgIpc) is 3.03. The molecule has 2 unspecified atom stereocenters. The van der Waals surface area contributed by atoms with Gasteiger partial charge in [-0.15, -0.1) is 0 Å².